The molecule has 0 saturated heterocycles. The average Bonchev–Trinajstić information content (AvgIpc) is 3.40. The van der Waals surface area contributed by atoms with Gasteiger partial charge in [0.1, 0.15) is 5.82 Å². The van der Waals surface area contributed by atoms with E-state index in [0.717, 1.165) is 50.4 Å². The Bertz CT molecular complexity index is 685. The molecule has 1 aliphatic rings. The molecule has 0 amide bonds. The molecule has 0 atom stereocenters. The van der Waals surface area contributed by atoms with Crippen molar-refractivity contribution in [2.75, 3.05) is 26.8 Å². The van der Waals surface area contributed by atoms with Crippen LogP contribution in [0.3, 0.4) is 0 Å². The summed E-state index contributed by atoms with van der Waals surface area (Å²) >= 11 is 0. The van der Waals surface area contributed by atoms with Gasteiger partial charge in [0.05, 0.1) is 6.54 Å². The molecule has 1 fully saturated rings. The Hall–Kier alpha value is -1.61. The third-order valence-electron chi connectivity index (χ3n) is 4.44. The fourth-order valence-corrected chi connectivity index (χ4v) is 2.73. The van der Waals surface area contributed by atoms with E-state index in [1.165, 1.54) is 18.4 Å². The minimum absolute atomic E-state index is 0. The van der Waals surface area contributed by atoms with Crippen LogP contribution in [0.4, 0.5) is 0 Å². The van der Waals surface area contributed by atoms with Crippen molar-refractivity contribution in [2.24, 2.45) is 10.9 Å². The second kappa shape index (κ2) is 12.0. The number of hydrogen-bond donors (Lipinski definition) is 2. The summed E-state index contributed by atoms with van der Waals surface area (Å²) in [7, 11) is 1.79. The summed E-state index contributed by atoms with van der Waals surface area (Å²) in [6.45, 7) is 4.04. The Balaban J connectivity index is 0.00000261. The molecular formula is C20H30IN5O. The first-order chi connectivity index (χ1) is 12.8. The number of aliphatic imine (C=N–C) groups is 1. The van der Waals surface area contributed by atoms with Gasteiger partial charge in [-0.15, -0.1) is 24.0 Å². The summed E-state index contributed by atoms with van der Waals surface area (Å²) in [4.78, 5) is 8.73. The molecular weight excluding hydrogens is 453 g/mol. The van der Waals surface area contributed by atoms with Crippen LogP contribution in [0.15, 0.2) is 47.7 Å². The van der Waals surface area contributed by atoms with Gasteiger partial charge in [-0.1, -0.05) is 30.3 Å². The summed E-state index contributed by atoms with van der Waals surface area (Å²) in [6.07, 6.45) is 7.52. The van der Waals surface area contributed by atoms with Crippen molar-refractivity contribution in [1.29, 1.82) is 0 Å². The zero-order valence-corrected chi connectivity index (χ0v) is 18.3. The van der Waals surface area contributed by atoms with Gasteiger partial charge in [0.15, 0.2) is 5.96 Å². The molecule has 1 heterocycles. The van der Waals surface area contributed by atoms with Gasteiger partial charge in [-0.25, -0.2) is 4.98 Å². The SMILES string of the molecule is CN=C(NCCCOCC1CC1)NCc1nccn1Cc1ccccc1.I. The summed E-state index contributed by atoms with van der Waals surface area (Å²) < 4.78 is 7.80. The number of halogens is 1. The van der Waals surface area contributed by atoms with Crippen LogP contribution in [0.5, 0.6) is 0 Å². The fourth-order valence-electron chi connectivity index (χ4n) is 2.73. The molecule has 2 N–H and O–H groups in total. The molecule has 1 aromatic carbocycles. The van der Waals surface area contributed by atoms with Gasteiger partial charge >= 0.3 is 0 Å². The standard InChI is InChI=1S/C20H29N5O.HI/c1-21-20(23-10-5-13-26-16-18-8-9-18)24-14-19-22-11-12-25(19)15-17-6-3-2-4-7-17;/h2-4,6-7,11-12,18H,5,8-10,13-16H2,1H3,(H2,21,23,24);1H. The Morgan fingerprint density at radius 3 is 2.81 bits per heavy atom. The topological polar surface area (TPSA) is 63.5 Å². The lowest BCUT2D eigenvalue weighted by Gasteiger charge is -2.13. The lowest BCUT2D eigenvalue weighted by Crippen LogP contribution is -2.38. The molecule has 7 heteroatoms. The number of nitrogens with one attached hydrogen (secondary N) is 2. The highest BCUT2D eigenvalue weighted by Gasteiger charge is 2.20. The lowest BCUT2D eigenvalue weighted by molar-refractivity contribution is 0.123. The number of hydrogen-bond acceptors (Lipinski definition) is 3. The van der Waals surface area contributed by atoms with E-state index in [4.69, 9.17) is 4.74 Å². The third-order valence-corrected chi connectivity index (χ3v) is 4.44. The Labute approximate surface area is 178 Å². The molecule has 0 bridgehead atoms. The highest BCUT2D eigenvalue weighted by atomic mass is 127. The molecule has 6 nitrogen and oxygen atoms in total. The van der Waals surface area contributed by atoms with Gasteiger partial charge < -0.3 is 19.9 Å². The van der Waals surface area contributed by atoms with Crippen LogP contribution in [0.1, 0.15) is 30.7 Å². The van der Waals surface area contributed by atoms with Crippen molar-refractivity contribution in [3.63, 3.8) is 0 Å². The maximum absolute atomic E-state index is 5.65. The molecule has 0 unspecified atom stereocenters. The smallest absolute Gasteiger partial charge is 0.191 e. The summed E-state index contributed by atoms with van der Waals surface area (Å²) in [5, 5.41) is 6.66. The predicted octanol–water partition coefficient (Wildman–Crippen LogP) is 3.03. The lowest BCUT2D eigenvalue weighted by atomic mass is 10.2. The van der Waals surface area contributed by atoms with E-state index in [-0.39, 0.29) is 24.0 Å². The van der Waals surface area contributed by atoms with Gasteiger partial charge in [-0.3, -0.25) is 4.99 Å². The van der Waals surface area contributed by atoms with Crippen molar-refractivity contribution in [2.45, 2.75) is 32.4 Å². The molecule has 2 aromatic rings. The monoisotopic (exact) mass is 483 g/mol. The summed E-state index contributed by atoms with van der Waals surface area (Å²) in [5.74, 6) is 2.61. The fraction of sp³-hybridized carbons (Fsp3) is 0.500. The van der Waals surface area contributed by atoms with E-state index in [9.17, 15) is 0 Å². The highest BCUT2D eigenvalue weighted by Crippen LogP contribution is 2.28. The van der Waals surface area contributed by atoms with E-state index >= 15 is 0 Å². The van der Waals surface area contributed by atoms with Gasteiger partial charge in [0.2, 0.25) is 0 Å². The Morgan fingerprint density at radius 1 is 1.26 bits per heavy atom. The van der Waals surface area contributed by atoms with E-state index in [1.807, 2.05) is 18.5 Å². The number of aromatic nitrogens is 2. The van der Waals surface area contributed by atoms with Crippen LogP contribution < -0.4 is 10.6 Å². The van der Waals surface area contributed by atoms with Crippen LogP contribution in [0, 0.1) is 5.92 Å². The number of guanidine groups is 1. The van der Waals surface area contributed by atoms with Crippen molar-refractivity contribution >= 4 is 29.9 Å². The maximum Gasteiger partial charge on any atom is 0.191 e. The minimum Gasteiger partial charge on any atom is -0.381 e. The van der Waals surface area contributed by atoms with Gasteiger partial charge in [0, 0.05) is 45.7 Å². The van der Waals surface area contributed by atoms with Gasteiger partial charge in [0.25, 0.3) is 0 Å². The van der Waals surface area contributed by atoms with Crippen LogP contribution in [0.2, 0.25) is 0 Å². The van der Waals surface area contributed by atoms with E-state index in [0.29, 0.717) is 6.54 Å². The van der Waals surface area contributed by atoms with E-state index in [2.05, 4.69) is 49.4 Å². The number of rotatable bonds is 10. The zero-order chi connectivity index (χ0) is 18.0. The first kappa shape index (κ1) is 21.7. The summed E-state index contributed by atoms with van der Waals surface area (Å²) in [5.41, 5.74) is 1.26. The number of imidazole rings is 1. The second-order valence-corrected chi connectivity index (χ2v) is 6.68. The first-order valence-electron chi connectivity index (χ1n) is 9.41. The normalized spacial score (nSPS) is 13.9. The van der Waals surface area contributed by atoms with Crippen LogP contribution >= 0.6 is 24.0 Å². The number of benzene rings is 1. The molecule has 1 aliphatic carbocycles. The second-order valence-electron chi connectivity index (χ2n) is 6.68. The maximum atomic E-state index is 5.65. The van der Waals surface area contributed by atoms with Gasteiger partial charge in [-0.05, 0) is 30.7 Å². The van der Waals surface area contributed by atoms with E-state index < -0.39 is 0 Å². The molecule has 3 rings (SSSR count). The molecule has 27 heavy (non-hydrogen) atoms. The quantitative estimate of drug-likeness (QED) is 0.236. The van der Waals surface area contributed by atoms with Crippen LogP contribution in [-0.2, 0) is 17.8 Å². The first-order valence-corrected chi connectivity index (χ1v) is 9.41. The van der Waals surface area contributed by atoms with Crippen molar-refractivity contribution in [1.82, 2.24) is 20.2 Å². The molecule has 148 valence electrons. The van der Waals surface area contributed by atoms with Crippen LogP contribution in [0.25, 0.3) is 0 Å². The molecule has 0 aliphatic heterocycles. The Morgan fingerprint density at radius 2 is 2.07 bits per heavy atom. The Kier molecular flexibility index (Phi) is 9.61. The molecule has 1 saturated carbocycles. The molecule has 1 aromatic heterocycles. The third kappa shape index (κ3) is 7.88. The zero-order valence-electron chi connectivity index (χ0n) is 15.9. The van der Waals surface area contributed by atoms with Crippen molar-refractivity contribution < 1.29 is 4.74 Å². The van der Waals surface area contributed by atoms with Crippen LogP contribution in [-0.4, -0.2) is 42.3 Å². The predicted molar refractivity (Wildman–Crippen MR) is 120 cm³/mol. The number of ether oxygens (including phenoxy) is 1. The number of nitrogens with zero attached hydrogens (tertiary/aromatic N) is 3. The van der Waals surface area contributed by atoms with Gasteiger partial charge in [-0.2, -0.15) is 0 Å². The van der Waals surface area contributed by atoms with Crippen molar-refractivity contribution in [3.8, 4) is 0 Å². The minimum atomic E-state index is 0. The summed E-state index contributed by atoms with van der Waals surface area (Å²) in [6, 6.07) is 10.4. The molecule has 0 spiro atoms. The van der Waals surface area contributed by atoms with Crippen molar-refractivity contribution in [3.05, 3.63) is 54.1 Å². The largest absolute Gasteiger partial charge is 0.381 e. The van der Waals surface area contributed by atoms with E-state index in [1.54, 1.807) is 7.05 Å². The average molecular weight is 483 g/mol. The molecule has 0 radical (unpaired) electrons. The highest BCUT2D eigenvalue weighted by molar-refractivity contribution is 14.0.